The predicted molar refractivity (Wildman–Crippen MR) is 79.4 cm³/mol. The summed E-state index contributed by atoms with van der Waals surface area (Å²) < 4.78 is 13.1. The number of β-amino-alcohol motifs (C(OH)–C–C–N with tert-alkyl or cyclic N) is 1. The van der Waals surface area contributed by atoms with Crippen molar-refractivity contribution in [1.82, 2.24) is 9.88 Å². The molecule has 1 aromatic carbocycles. The quantitative estimate of drug-likeness (QED) is 0.944. The van der Waals surface area contributed by atoms with Gasteiger partial charge in [-0.25, -0.2) is 4.39 Å². The number of amides is 1. The summed E-state index contributed by atoms with van der Waals surface area (Å²) in [7, 11) is 0. The molecule has 1 N–H and O–H groups in total. The summed E-state index contributed by atoms with van der Waals surface area (Å²) in [5.41, 5.74) is 1.68. The highest BCUT2D eigenvalue weighted by atomic mass is 19.1. The molecule has 0 unspecified atom stereocenters. The minimum atomic E-state index is -0.548. The SMILES string of the molecule is O=C(Cc1cccnc1)N1C[C@@H](O)C[C@H]1c1ccc(F)cc1. The first-order valence-electron chi connectivity index (χ1n) is 7.25. The van der Waals surface area contributed by atoms with E-state index < -0.39 is 6.10 Å². The van der Waals surface area contributed by atoms with Crippen molar-refractivity contribution in [3.63, 3.8) is 0 Å². The summed E-state index contributed by atoms with van der Waals surface area (Å²) in [6.45, 7) is 0.307. The number of likely N-dealkylation sites (tertiary alicyclic amines) is 1. The van der Waals surface area contributed by atoms with E-state index >= 15 is 0 Å². The molecule has 22 heavy (non-hydrogen) atoms. The van der Waals surface area contributed by atoms with Crippen molar-refractivity contribution in [1.29, 1.82) is 0 Å². The third-order valence-electron chi connectivity index (χ3n) is 3.93. The van der Waals surface area contributed by atoms with Crippen LogP contribution in [0.15, 0.2) is 48.8 Å². The fourth-order valence-corrected chi connectivity index (χ4v) is 2.87. The normalized spacial score (nSPS) is 21.1. The predicted octanol–water partition coefficient (Wildman–Crippen LogP) is 2.10. The number of halogens is 1. The van der Waals surface area contributed by atoms with Gasteiger partial charge in [-0.1, -0.05) is 18.2 Å². The third-order valence-corrected chi connectivity index (χ3v) is 3.93. The van der Waals surface area contributed by atoms with Crippen LogP contribution in [0, 0.1) is 5.82 Å². The minimum Gasteiger partial charge on any atom is -0.391 e. The van der Waals surface area contributed by atoms with E-state index in [9.17, 15) is 14.3 Å². The second-order valence-corrected chi connectivity index (χ2v) is 5.54. The zero-order valence-electron chi connectivity index (χ0n) is 12.0. The van der Waals surface area contributed by atoms with Crippen molar-refractivity contribution in [3.05, 3.63) is 65.7 Å². The minimum absolute atomic E-state index is 0.0566. The van der Waals surface area contributed by atoms with Gasteiger partial charge in [0.15, 0.2) is 0 Å². The molecule has 2 heterocycles. The van der Waals surface area contributed by atoms with Gasteiger partial charge in [0.1, 0.15) is 5.82 Å². The van der Waals surface area contributed by atoms with Crippen LogP contribution in [-0.2, 0) is 11.2 Å². The largest absolute Gasteiger partial charge is 0.391 e. The lowest BCUT2D eigenvalue weighted by Gasteiger charge is -2.25. The van der Waals surface area contributed by atoms with Crippen LogP contribution in [-0.4, -0.2) is 33.5 Å². The molecule has 0 spiro atoms. The van der Waals surface area contributed by atoms with E-state index in [0.717, 1.165) is 11.1 Å². The van der Waals surface area contributed by atoms with Crippen molar-refractivity contribution in [2.45, 2.75) is 25.0 Å². The number of carbonyl (C=O) groups is 1. The second-order valence-electron chi connectivity index (χ2n) is 5.54. The fraction of sp³-hybridized carbons (Fsp3) is 0.294. The molecular formula is C17H17FN2O2. The molecule has 0 saturated carbocycles. The Kier molecular flexibility index (Phi) is 4.15. The number of hydrogen-bond donors (Lipinski definition) is 1. The highest BCUT2D eigenvalue weighted by Crippen LogP contribution is 2.32. The van der Waals surface area contributed by atoms with Crippen LogP contribution in [0.3, 0.4) is 0 Å². The summed E-state index contributed by atoms with van der Waals surface area (Å²) in [6, 6.07) is 9.53. The third kappa shape index (κ3) is 3.14. The molecule has 1 aliphatic rings. The van der Waals surface area contributed by atoms with E-state index in [1.54, 1.807) is 35.5 Å². The Morgan fingerprint density at radius 3 is 2.77 bits per heavy atom. The highest BCUT2D eigenvalue weighted by molar-refractivity contribution is 5.79. The van der Waals surface area contributed by atoms with Gasteiger partial charge in [0.25, 0.3) is 0 Å². The standard InChI is InChI=1S/C17H17FN2O2/c18-14-5-3-13(4-6-14)16-9-15(21)11-20(16)17(22)8-12-2-1-7-19-10-12/h1-7,10,15-16,21H,8-9,11H2/t15-,16-/m0/s1. The number of pyridine rings is 1. The van der Waals surface area contributed by atoms with Crippen molar-refractivity contribution in [3.8, 4) is 0 Å². The Hall–Kier alpha value is -2.27. The maximum Gasteiger partial charge on any atom is 0.227 e. The summed E-state index contributed by atoms with van der Waals surface area (Å²) in [4.78, 5) is 18.2. The Morgan fingerprint density at radius 2 is 2.09 bits per heavy atom. The van der Waals surface area contributed by atoms with Gasteiger partial charge in [0.05, 0.1) is 18.6 Å². The number of aliphatic hydroxyl groups excluding tert-OH is 1. The van der Waals surface area contributed by atoms with E-state index in [1.165, 1.54) is 12.1 Å². The Balaban J connectivity index is 1.78. The average molecular weight is 300 g/mol. The van der Waals surface area contributed by atoms with Crippen LogP contribution in [0.1, 0.15) is 23.6 Å². The van der Waals surface area contributed by atoms with Gasteiger partial charge in [-0.05, 0) is 35.7 Å². The average Bonchev–Trinajstić information content (AvgIpc) is 2.91. The molecule has 114 valence electrons. The monoisotopic (exact) mass is 300 g/mol. The van der Waals surface area contributed by atoms with Crippen LogP contribution in [0.4, 0.5) is 4.39 Å². The van der Waals surface area contributed by atoms with Gasteiger partial charge in [-0.15, -0.1) is 0 Å². The molecule has 2 atom stereocenters. The fourth-order valence-electron chi connectivity index (χ4n) is 2.87. The first-order valence-corrected chi connectivity index (χ1v) is 7.25. The number of rotatable bonds is 3. The van der Waals surface area contributed by atoms with Gasteiger partial charge in [-0.2, -0.15) is 0 Å². The van der Waals surface area contributed by atoms with Gasteiger partial charge in [0.2, 0.25) is 5.91 Å². The summed E-state index contributed by atoms with van der Waals surface area (Å²) >= 11 is 0. The molecule has 0 bridgehead atoms. The van der Waals surface area contributed by atoms with E-state index in [2.05, 4.69) is 4.98 Å². The zero-order valence-corrected chi connectivity index (χ0v) is 12.0. The number of aliphatic hydroxyl groups is 1. The number of hydrogen-bond acceptors (Lipinski definition) is 3. The van der Waals surface area contributed by atoms with Crippen LogP contribution < -0.4 is 0 Å². The van der Waals surface area contributed by atoms with Crippen molar-refractivity contribution in [2.24, 2.45) is 0 Å². The molecule has 4 nitrogen and oxygen atoms in total. The molecule has 3 rings (SSSR count). The van der Waals surface area contributed by atoms with Gasteiger partial charge < -0.3 is 10.0 Å². The van der Waals surface area contributed by atoms with E-state index in [4.69, 9.17) is 0 Å². The smallest absolute Gasteiger partial charge is 0.227 e. The maximum atomic E-state index is 13.1. The van der Waals surface area contributed by atoms with E-state index in [1.807, 2.05) is 6.07 Å². The summed E-state index contributed by atoms with van der Waals surface area (Å²) in [5.74, 6) is -0.366. The number of carbonyl (C=O) groups excluding carboxylic acids is 1. The summed E-state index contributed by atoms with van der Waals surface area (Å²) in [5, 5.41) is 9.92. The van der Waals surface area contributed by atoms with Crippen LogP contribution in [0.2, 0.25) is 0 Å². The van der Waals surface area contributed by atoms with Crippen LogP contribution in [0.5, 0.6) is 0 Å². The maximum absolute atomic E-state index is 13.1. The molecule has 1 aliphatic heterocycles. The number of nitrogens with zero attached hydrogens (tertiary/aromatic N) is 2. The molecule has 5 heteroatoms. The van der Waals surface area contributed by atoms with Crippen LogP contribution >= 0.6 is 0 Å². The van der Waals surface area contributed by atoms with Crippen molar-refractivity contribution >= 4 is 5.91 Å². The van der Waals surface area contributed by atoms with E-state index in [-0.39, 0.29) is 24.2 Å². The highest BCUT2D eigenvalue weighted by Gasteiger charge is 2.35. The molecule has 0 radical (unpaired) electrons. The lowest BCUT2D eigenvalue weighted by atomic mass is 10.0. The Labute approximate surface area is 128 Å². The first-order chi connectivity index (χ1) is 10.6. The Morgan fingerprint density at radius 1 is 1.32 bits per heavy atom. The topological polar surface area (TPSA) is 53.4 Å². The van der Waals surface area contributed by atoms with Crippen molar-refractivity contribution < 1.29 is 14.3 Å². The first kappa shape index (κ1) is 14.7. The molecule has 1 saturated heterocycles. The summed E-state index contributed by atoms with van der Waals surface area (Å²) in [6.07, 6.45) is 3.50. The van der Waals surface area contributed by atoms with E-state index in [0.29, 0.717) is 13.0 Å². The zero-order chi connectivity index (χ0) is 15.5. The molecule has 1 fully saturated rings. The molecule has 1 amide bonds. The van der Waals surface area contributed by atoms with Gasteiger partial charge >= 0.3 is 0 Å². The Bertz CT molecular complexity index is 645. The van der Waals surface area contributed by atoms with Gasteiger partial charge in [-0.3, -0.25) is 9.78 Å². The van der Waals surface area contributed by atoms with Crippen molar-refractivity contribution in [2.75, 3.05) is 6.54 Å². The van der Waals surface area contributed by atoms with Gasteiger partial charge in [0, 0.05) is 18.9 Å². The second kappa shape index (κ2) is 6.23. The lowest BCUT2D eigenvalue weighted by Crippen LogP contribution is -2.33. The molecule has 0 aliphatic carbocycles. The molecule has 1 aromatic heterocycles. The lowest BCUT2D eigenvalue weighted by molar-refractivity contribution is -0.131. The molecular weight excluding hydrogens is 283 g/mol. The number of benzene rings is 1. The number of aromatic nitrogens is 1. The molecule has 2 aromatic rings. The van der Waals surface area contributed by atoms with Crippen LogP contribution in [0.25, 0.3) is 0 Å².